The zero-order chi connectivity index (χ0) is 23.2. The van der Waals surface area contributed by atoms with E-state index >= 15 is 0 Å². The van der Waals surface area contributed by atoms with Gasteiger partial charge in [-0.1, -0.05) is 18.2 Å². The highest BCUT2D eigenvalue weighted by Gasteiger charge is 2.21. The first-order valence-corrected chi connectivity index (χ1v) is 12.0. The Morgan fingerprint density at radius 2 is 1.70 bits per heavy atom. The van der Waals surface area contributed by atoms with Gasteiger partial charge in [0.15, 0.2) is 0 Å². The molecular formula is C26H35N5O2. The van der Waals surface area contributed by atoms with E-state index in [1.165, 1.54) is 11.3 Å². The minimum absolute atomic E-state index is 0.0739. The molecule has 2 heterocycles. The quantitative estimate of drug-likeness (QED) is 0.606. The van der Waals surface area contributed by atoms with Crippen molar-refractivity contribution in [1.82, 2.24) is 10.2 Å². The summed E-state index contributed by atoms with van der Waals surface area (Å²) in [6, 6.07) is 14.4. The fourth-order valence-electron chi connectivity index (χ4n) is 4.77. The van der Waals surface area contributed by atoms with Gasteiger partial charge in [0.05, 0.1) is 11.4 Å². The highest BCUT2D eigenvalue weighted by atomic mass is 16.2. The largest absolute Gasteiger partial charge is 0.386 e. The normalized spacial score (nSPS) is 16.3. The predicted molar refractivity (Wildman–Crippen MR) is 134 cm³/mol. The van der Waals surface area contributed by atoms with Gasteiger partial charge in [-0.2, -0.15) is 0 Å². The van der Waals surface area contributed by atoms with E-state index in [0.29, 0.717) is 25.1 Å². The number of carbonyl (C=O) groups is 2. The lowest BCUT2D eigenvalue weighted by Crippen LogP contribution is -2.47. The zero-order valence-electron chi connectivity index (χ0n) is 19.8. The number of hydrogen-bond donors (Lipinski definition) is 2. The molecule has 2 amide bonds. The van der Waals surface area contributed by atoms with Crippen LogP contribution in [0.2, 0.25) is 0 Å². The second kappa shape index (κ2) is 10.6. The molecule has 0 aromatic heterocycles. The fraction of sp³-hybridized carbons (Fsp3) is 0.462. The molecule has 7 heteroatoms. The van der Waals surface area contributed by atoms with Crippen molar-refractivity contribution < 1.29 is 9.59 Å². The molecule has 2 N–H and O–H groups in total. The van der Waals surface area contributed by atoms with Crippen LogP contribution in [0.1, 0.15) is 35.2 Å². The summed E-state index contributed by atoms with van der Waals surface area (Å²) in [6.45, 7) is 8.10. The van der Waals surface area contributed by atoms with Crippen molar-refractivity contribution >= 4 is 28.9 Å². The summed E-state index contributed by atoms with van der Waals surface area (Å²) in [5.41, 5.74) is 5.37. The average molecular weight is 450 g/mol. The summed E-state index contributed by atoms with van der Waals surface area (Å²) in [5.74, 6) is 0.158. The van der Waals surface area contributed by atoms with Crippen LogP contribution in [-0.4, -0.2) is 69.6 Å². The molecule has 0 saturated carbocycles. The second-order valence-corrected chi connectivity index (χ2v) is 8.84. The number of hydrogen-bond acceptors (Lipinski definition) is 5. The van der Waals surface area contributed by atoms with Gasteiger partial charge >= 0.3 is 0 Å². The molecule has 7 nitrogen and oxygen atoms in total. The molecule has 0 unspecified atom stereocenters. The molecular weight excluding hydrogens is 414 g/mol. The van der Waals surface area contributed by atoms with E-state index in [1.54, 1.807) is 0 Å². The molecule has 0 spiro atoms. The number of anilines is 3. The van der Waals surface area contributed by atoms with Gasteiger partial charge in [-0.25, -0.2) is 0 Å². The molecule has 2 aliphatic rings. The van der Waals surface area contributed by atoms with E-state index in [0.717, 1.165) is 56.9 Å². The fourth-order valence-corrected chi connectivity index (χ4v) is 4.77. The molecule has 2 saturated heterocycles. The zero-order valence-corrected chi connectivity index (χ0v) is 19.8. The number of amides is 2. The van der Waals surface area contributed by atoms with Gasteiger partial charge in [-0.15, -0.1) is 0 Å². The molecule has 2 aromatic carbocycles. The van der Waals surface area contributed by atoms with Crippen molar-refractivity contribution in [3.05, 3.63) is 53.6 Å². The summed E-state index contributed by atoms with van der Waals surface area (Å²) in [7, 11) is 1.90. The van der Waals surface area contributed by atoms with Crippen molar-refractivity contribution in [3.63, 3.8) is 0 Å². The van der Waals surface area contributed by atoms with E-state index < -0.39 is 0 Å². The molecule has 0 aliphatic carbocycles. The second-order valence-electron chi connectivity index (χ2n) is 8.84. The van der Waals surface area contributed by atoms with Crippen molar-refractivity contribution in [2.24, 2.45) is 0 Å². The summed E-state index contributed by atoms with van der Waals surface area (Å²) in [5, 5.41) is 6.26. The van der Waals surface area contributed by atoms with Crippen LogP contribution in [0.5, 0.6) is 0 Å². The van der Waals surface area contributed by atoms with Crippen LogP contribution >= 0.6 is 0 Å². The minimum Gasteiger partial charge on any atom is -0.386 e. The highest BCUT2D eigenvalue weighted by Crippen LogP contribution is 2.29. The van der Waals surface area contributed by atoms with Crippen LogP contribution in [0.3, 0.4) is 0 Å². The lowest BCUT2D eigenvalue weighted by atomic mass is 10.1. The van der Waals surface area contributed by atoms with Crippen molar-refractivity contribution in [3.8, 4) is 0 Å². The first-order valence-electron chi connectivity index (χ1n) is 12.0. The number of carbonyl (C=O) groups excluding carboxylic acids is 2. The van der Waals surface area contributed by atoms with Gasteiger partial charge in [0.2, 0.25) is 5.91 Å². The van der Waals surface area contributed by atoms with Crippen LogP contribution in [0.25, 0.3) is 0 Å². The molecule has 33 heavy (non-hydrogen) atoms. The Morgan fingerprint density at radius 3 is 2.36 bits per heavy atom. The van der Waals surface area contributed by atoms with E-state index in [9.17, 15) is 9.59 Å². The summed E-state index contributed by atoms with van der Waals surface area (Å²) in [6.07, 6.45) is 2.39. The molecule has 4 rings (SSSR count). The molecule has 0 bridgehead atoms. The van der Waals surface area contributed by atoms with E-state index in [1.807, 2.05) is 30.1 Å². The number of piperazine rings is 1. The number of aryl methyl sites for hydroxylation is 1. The standard InChI is InChI=1S/C26H35N5O2/c1-20-7-3-4-8-23(20)29-15-17-30(18-16-29)24-11-10-21(19-22(24)27-2)26(33)28-12-6-14-31-13-5-9-25(31)32/h3-4,7-8,10-11,19,27H,5-6,9,12-18H2,1-2H3,(H,28,33). The van der Waals surface area contributed by atoms with E-state index in [2.05, 4.69) is 51.6 Å². The Balaban J connectivity index is 1.31. The van der Waals surface area contributed by atoms with Crippen molar-refractivity contribution in [2.75, 3.05) is 68.0 Å². The Bertz CT molecular complexity index is 984. The first-order chi connectivity index (χ1) is 16.1. The van der Waals surface area contributed by atoms with Gasteiger partial charge in [0.25, 0.3) is 5.91 Å². The summed E-state index contributed by atoms with van der Waals surface area (Å²) < 4.78 is 0. The maximum absolute atomic E-state index is 12.7. The van der Waals surface area contributed by atoms with Gasteiger partial charge in [0.1, 0.15) is 0 Å². The van der Waals surface area contributed by atoms with Crippen LogP contribution < -0.4 is 20.4 Å². The van der Waals surface area contributed by atoms with Crippen molar-refractivity contribution in [1.29, 1.82) is 0 Å². The summed E-state index contributed by atoms with van der Waals surface area (Å²) in [4.78, 5) is 31.1. The Hall–Kier alpha value is -3.22. The smallest absolute Gasteiger partial charge is 0.251 e. The molecule has 0 radical (unpaired) electrons. The average Bonchev–Trinajstić information content (AvgIpc) is 3.26. The van der Waals surface area contributed by atoms with Gasteiger partial charge < -0.3 is 25.3 Å². The first kappa shape index (κ1) is 23.0. The van der Waals surface area contributed by atoms with Crippen LogP contribution in [-0.2, 0) is 4.79 Å². The topological polar surface area (TPSA) is 67.9 Å². The van der Waals surface area contributed by atoms with Crippen LogP contribution in [0.15, 0.2) is 42.5 Å². The number of nitrogens with zero attached hydrogens (tertiary/aromatic N) is 3. The molecule has 2 aliphatic heterocycles. The third-order valence-corrected chi connectivity index (χ3v) is 6.67. The van der Waals surface area contributed by atoms with Gasteiger partial charge in [-0.3, -0.25) is 9.59 Å². The summed E-state index contributed by atoms with van der Waals surface area (Å²) >= 11 is 0. The maximum atomic E-state index is 12.7. The van der Waals surface area contributed by atoms with E-state index in [-0.39, 0.29) is 11.8 Å². The lowest BCUT2D eigenvalue weighted by Gasteiger charge is -2.38. The minimum atomic E-state index is -0.0739. The van der Waals surface area contributed by atoms with E-state index in [4.69, 9.17) is 0 Å². The monoisotopic (exact) mass is 449 g/mol. The molecule has 2 fully saturated rings. The number of likely N-dealkylation sites (tertiary alicyclic amines) is 1. The SMILES string of the molecule is CNc1cc(C(=O)NCCCN2CCCC2=O)ccc1N1CCN(c2ccccc2C)CC1. The Labute approximate surface area is 196 Å². The number of nitrogens with one attached hydrogen (secondary N) is 2. The molecule has 176 valence electrons. The predicted octanol–water partition coefficient (Wildman–Crippen LogP) is 3.11. The van der Waals surface area contributed by atoms with Crippen molar-refractivity contribution in [2.45, 2.75) is 26.2 Å². The molecule has 2 aromatic rings. The van der Waals surface area contributed by atoms with Gasteiger partial charge in [-0.05, 0) is 49.6 Å². The Kier molecular flexibility index (Phi) is 7.37. The Morgan fingerprint density at radius 1 is 0.970 bits per heavy atom. The third kappa shape index (κ3) is 5.41. The number of benzene rings is 2. The third-order valence-electron chi connectivity index (χ3n) is 6.67. The van der Waals surface area contributed by atoms with Crippen LogP contribution in [0, 0.1) is 6.92 Å². The van der Waals surface area contributed by atoms with Gasteiger partial charge in [0, 0.05) is 70.5 Å². The number of para-hydroxylation sites is 1. The number of rotatable bonds is 8. The van der Waals surface area contributed by atoms with Crippen LogP contribution in [0.4, 0.5) is 17.1 Å². The highest BCUT2D eigenvalue weighted by molar-refractivity contribution is 5.96. The maximum Gasteiger partial charge on any atom is 0.251 e. The lowest BCUT2D eigenvalue weighted by molar-refractivity contribution is -0.127. The molecule has 0 atom stereocenters.